The molecular weight excluding hydrogens is 178 g/mol. The summed E-state index contributed by atoms with van der Waals surface area (Å²) >= 11 is 0. The molecule has 1 aromatic rings. The predicted octanol–water partition coefficient (Wildman–Crippen LogP) is 2.41. The lowest BCUT2D eigenvalue weighted by molar-refractivity contribution is 0.103. The van der Waals surface area contributed by atoms with Crippen LogP contribution in [0.15, 0.2) is 41.4 Å². The molecule has 0 amide bonds. The lowest BCUT2D eigenvalue weighted by Gasteiger charge is -1.99. The van der Waals surface area contributed by atoms with Crippen LogP contribution in [0.2, 0.25) is 0 Å². The largest absolute Gasteiger partial charge is 0.289 e. The highest BCUT2D eigenvalue weighted by Crippen LogP contribution is 2.15. The van der Waals surface area contributed by atoms with Crippen LogP contribution in [0.5, 0.6) is 0 Å². The average molecular weight is 187 g/mol. The van der Waals surface area contributed by atoms with Crippen LogP contribution in [-0.4, -0.2) is 11.9 Å². The van der Waals surface area contributed by atoms with E-state index in [4.69, 9.17) is 0 Å². The van der Waals surface area contributed by atoms with Crippen LogP contribution >= 0.6 is 0 Å². The van der Waals surface area contributed by atoms with Gasteiger partial charge in [0.2, 0.25) is 6.08 Å². The van der Waals surface area contributed by atoms with Crippen molar-refractivity contribution < 1.29 is 9.59 Å². The molecule has 0 atom stereocenters. The summed E-state index contributed by atoms with van der Waals surface area (Å²) in [6, 6.07) is 6.47. The van der Waals surface area contributed by atoms with Crippen LogP contribution in [0.3, 0.4) is 0 Å². The van der Waals surface area contributed by atoms with Crippen LogP contribution in [0, 0.1) is 0 Å². The van der Waals surface area contributed by atoms with Gasteiger partial charge in [0.15, 0.2) is 5.78 Å². The van der Waals surface area contributed by atoms with E-state index in [1.165, 1.54) is 12.1 Å². The van der Waals surface area contributed by atoms with Gasteiger partial charge in [-0.1, -0.05) is 18.7 Å². The number of carbonyl (C=O) groups is 1. The van der Waals surface area contributed by atoms with Crippen molar-refractivity contribution in [2.75, 3.05) is 0 Å². The first-order valence-electron chi connectivity index (χ1n) is 4.03. The Balaban J connectivity index is 3.11. The van der Waals surface area contributed by atoms with Gasteiger partial charge in [0.1, 0.15) is 0 Å². The van der Waals surface area contributed by atoms with E-state index in [1.807, 2.05) is 0 Å². The van der Waals surface area contributed by atoms with Crippen molar-refractivity contribution in [3.8, 4) is 0 Å². The van der Waals surface area contributed by atoms with Crippen molar-refractivity contribution in [3.63, 3.8) is 0 Å². The van der Waals surface area contributed by atoms with Gasteiger partial charge in [0, 0.05) is 5.56 Å². The first-order chi connectivity index (χ1) is 6.65. The van der Waals surface area contributed by atoms with Crippen molar-refractivity contribution in [2.24, 2.45) is 4.99 Å². The number of benzene rings is 1. The van der Waals surface area contributed by atoms with Crippen molar-refractivity contribution in [1.82, 2.24) is 0 Å². The van der Waals surface area contributed by atoms with E-state index in [2.05, 4.69) is 11.6 Å². The molecule has 0 N–H and O–H groups in total. The Hall–Kier alpha value is -1.99. The fourth-order valence-electron chi connectivity index (χ4n) is 1.02. The Kier molecular flexibility index (Phi) is 3.10. The highest BCUT2D eigenvalue weighted by Gasteiger charge is 2.05. The number of Topliss-reactive ketones (excluding diaryl/α,β-unsaturated/α-hetero) is 1. The zero-order valence-electron chi connectivity index (χ0n) is 7.78. The molecule has 0 aromatic heterocycles. The van der Waals surface area contributed by atoms with Crippen LogP contribution in [-0.2, 0) is 4.79 Å². The molecule has 3 heteroatoms. The molecule has 0 aliphatic carbocycles. The molecule has 0 fully saturated rings. The average Bonchev–Trinajstić information content (AvgIpc) is 2.17. The molecule has 0 aliphatic heterocycles. The minimum Gasteiger partial charge on any atom is -0.289 e. The Morgan fingerprint density at radius 3 is 2.79 bits per heavy atom. The lowest BCUT2D eigenvalue weighted by Crippen LogP contribution is -1.98. The second-order valence-electron chi connectivity index (χ2n) is 2.86. The van der Waals surface area contributed by atoms with E-state index in [-0.39, 0.29) is 5.78 Å². The Bertz CT molecular complexity index is 429. The molecule has 0 heterocycles. The van der Waals surface area contributed by atoms with E-state index in [0.717, 1.165) is 0 Å². The quantitative estimate of drug-likeness (QED) is 0.315. The highest BCUT2D eigenvalue weighted by molar-refractivity contribution is 6.08. The van der Waals surface area contributed by atoms with Gasteiger partial charge in [0.25, 0.3) is 0 Å². The van der Waals surface area contributed by atoms with Gasteiger partial charge >= 0.3 is 0 Å². The molecule has 0 bridgehead atoms. The Morgan fingerprint density at radius 2 is 2.21 bits per heavy atom. The molecule has 0 unspecified atom stereocenters. The van der Waals surface area contributed by atoms with E-state index in [0.29, 0.717) is 16.8 Å². The molecule has 70 valence electrons. The maximum atomic E-state index is 11.5. The summed E-state index contributed by atoms with van der Waals surface area (Å²) in [4.78, 5) is 24.9. The molecule has 0 aliphatic rings. The number of ketones is 1. The number of allylic oxidation sites excluding steroid dienone is 1. The molecule has 3 nitrogen and oxygen atoms in total. The van der Waals surface area contributed by atoms with Crippen molar-refractivity contribution >= 4 is 17.6 Å². The van der Waals surface area contributed by atoms with Crippen LogP contribution < -0.4 is 0 Å². The summed E-state index contributed by atoms with van der Waals surface area (Å²) in [6.07, 6.45) is 1.42. The maximum absolute atomic E-state index is 11.5. The number of carbonyl (C=O) groups excluding carboxylic acids is 2. The molecule has 1 rings (SSSR count). The summed E-state index contributed by atoms with van der Waals surface area (Å²) < 4.78 is 0. The van der Waals surface area contributed by atoms with Gasteiger partial charge in [0.05, 0.1) is 5.69 Å². The van der Waals surface area contributed by atoms with E-state index in [9.17, 15) is 9.59 Å². The van der Waals surface area contributed by atoms with Crippen LogP contribution in [0.25, 0.3) is 0 Å². The third kappa shape index (κ3) is 2.25. The second-order valence-corrected chi connectivity index (χ2v) is 2.86. The molecule has 14 heavy (non-hydrogen) atoms. The molecule has 0 spiro atoms. The summed E-state index contributed by atoms with van der Waals surface area (Å²) in [6.45, 7) is 5.19. The predicted molar refractivity (Wildman–Crippen MR) is 53.4 cm³/mol. The van der Waals surface area contributed by atoms with Gasteiger partial charge < -0.3 is 0 Å². The van der Waals surface area contributed by atoms with Crippen LogP contribution in [0.1, 0.15) is 17.3 Å². The van der Waals surface area contributed by atoms with E-state index < -0.39 is 0 Å². The third-order valence-electron chi connectivity index (χ3n) is 1.67. The molecular formula is C11H9NO2. The van der Waals surface area contributed by atoms with Gasteiger partial charge in [-0.05, 0) is 24.6 Å². The number of hydrogen-bond donors (Lipinski definition) is 0. The van der Waals surface area contributed by atoms with Gasteiger partial charge in [-0.25, -0.2) is 4.79 Å². The summed E-state index contributed by atoms with van der Waals surface area (Å²) in [5.74, 6) is -0.145. The Labute approximate surface area is 81.8 Å². The third-order valence-corrected chi connectivity index (χ3v) is 1.67. The van der Waals surface area contributed by atoms with E-state index >= 15 is 0 Å². The molecule has 0 saturated carbocycles. The molecule has 0 saturated heterocycles. The fourth-order valence-corrected chi connectivity index (χ4v) is 1.02. The van der Waals surface area contributed by atoms with E-state index in [1.54, 1.807) is 25.1 Å². The monoisotopic (exact) mass is 187 g/mol. The minimum atomic E-state index is -0.145. The number of nitrogens with zero attached hydrogens (tertiary/aromatic N) is 1. The summed E-state index contributed by atoms with van der Waals surface area (Å²) in [5.41, 5.74) is 1.36. The van der Waals surface area contributed by atoms with Crippen molar-refractivity contribution in [1.29, 1.82) is 0 Å². The second kappa shape index (κ2) is 4.30. The SMILES string of the molecule is C=C(C)C(=O)c1cccc(N=C=O)c1. The summed E-state index contributed by atoms with van der Waals surface area (Å²) in [5, 5.41) is 0. The van der Waals surface area contributed by atoms with Gasteiger partial charge in [-0.15, -0.1) is 0 Å². The zero-order valence-corrected chi connectivity index (χ0v) is 7.78. The standard InChI is InChI=1S/C11H9NO2/c1-8(2)11(14)9-4-3-5-10(6-9)12-7-13/h3-6H,1H2,2H3. The topological polar surface area (TPSA) is 46.5 Å². The number of aliphatic imine (C=N–C) groups is 1. The van der Waals surface area contributed by atoms with Gasteiger partial charge in [-0.3, -0.25) is 4.79 Å². The van der Waals surface area contributed by atoms with Gasteiger partial charge in [-0.2, -0.15) is 4.99 Å². The number of rotatable bonds is 3. The van der Waals surface area contributed by atoms with Crippen molar-refractivity contribution in [2.45, 2.75) is 6.92 Å². The normalized spacial score (nSPS) is 8.93. The maximum Gasteiger partial charge on any atom is 0.240 e. The van der Waals surface area contributed by atoms with Crippen LogP contribution in [0.4, 0.5) is 5.69 Å². The number of hydrogen-bond acceptors (Lipinski definition) is 3. The Morgan fingerprint density at radius 1 is 1.50 bits per heavy atom. The molecule has 1 aromatic carbocycles. The minimum absolute atomic E-state index is 0.145. The smallest absolute Gasteiger partial charge is 0.240 e. The highest BCUT2D eigenvalue weighted by atomic mass is 16.1. The first-order valence-corrected chi connectivity index (χ1v) is 4.03. The van der Waals surface area contributed by atoms with Crippen molar-refractivity contribution in [3.05, 3.63) is 42.0 Å². The first kappa shape index (κ1) is 10.1. The molecule has 0 radical (unpaired) electrons. The number of isocyanates is 1. The summed E-state index contributed by atoms with van der Waals surface area (Å²) in [7, 11) is 0. The fraction of sp³-hybridized carbons (Fsp3) is 0.0909. The lowest BCUT2D eigenvalue weighted by atomic mass is 10.1. The zero-order chi connectivity index (χ0) is 10.6.